The number of hydrogen-bond acceptors (Lipinski definition) is 3. The van der Waals surface area contributed by atoms with Crippen LogP contribution in [-0.2, 0) is 10.2 Å². The van der Waals surface area contributed by atoms with E-state index < -0.39 is 10.2 Å². The van der Waals surface area contributed by atoms with Crippen LogP contribution >= 0.6 is 12.4 Å². The summed E-state index contributed by atoms with van der Waals surface area (Å²) in [5.41, 5.74) is 5.95. The standard InChI is InChI=1S/C12H25N3O2S.ClH/c1-10-4-3-6-14(8-10)18(16,17)15-7-5-12(13)11(2)9-15;/h10-12H,3-9,13H2,1-2H3;1H. The van der Waals surface area contributed by atoms with E-state index in [9.17, 15) is 8.42 Å². The zero-order valence-corrected chi connectivity index (χ0v) is 13.4. The molecular weight excluding hydrogens is 286 g/mol. The maximum atomic E-state index is 12.5. The lowest BCUT2D eigenvalue weighted by Gasteiger charge is -2.39. The molecule has 2 fully saturated rings. The van der Waals surface area contributed by atoms with E-state index in [0.29, 0.717) is 32.1 Å². The van der Waals surface area contributed by atoms with Crippen molar-refractivity contribution in [1.29, 1.82) is 0 Å². The van der Waals surface area contributed by atoms with Gasteiger partial charge < -0.3 is 5.73 Å². The zero-order chi connectivity index (χ0) is 13.3. The van der Waals surface area contributed by atoms with Gasteiger partial charge in [0, 0.05) is 32.2 Å². The average Bonchev–Trinajstić information content (AvgIpc) is 2.32. The van der Waals surface area contributed by atoms with Gasteiger partial charge in [0.05, 0.1) is 0 Å². The number of halogens is 1. The van der Waals surface area contributed by atoms with Crippen LogP contribution in [0.4, 0.5) is 0 Å². The summed E-state index contributed by atoms with van der Waals surface area (Å²) in [6, 6.07) is 0.136. The van der Waals surface area contributed by atoms with Gasteiger partial charge in [-0.1, -0.05) is 13.8 Å². The minimum Gasteiger partial charge on any atom is -0.327 e. The first-order valence-corrected chi connectivity index (χ1v) is 8.31. The number of nitrogens with zero attached hydrogens (tertiary/aromatic N) is 2. The smallest absolute Gasteiger partial charge is 0.281 e. The molecule has 0 aromatic carbocycles. The summed E-state index contributed by atoms with van der Waals surface area (Å²) in [6.07, 6.45) is 2.88. The van der Waals surface area contributed by atoms with Crippen molar-refractivity contribution >= 4 is 22.6 Å². The topological polar surface area (TPSA) is 66.6 Å². The highest BCUT2D eigenvalue weighted by Crippen LogP contribution is 2.24. The Labute approximate surface area is 123 Å². The van der Waals surface area contributed by atoms with Crippen LogP contribution in [0, 0.1) is 11.8 Å². The highest BCUT2D eigenvalue weighted by Gasteiger charge is 2.36. The third-order valence-electron chi connectivity index (χ3n) is 4.21. The molecule has 0 aliphatic carbocycles. The number of rotatable bonds is 2. The minimum absolute atomic E-state index is 0. The molecule has 2 saturated heterocycles. The number of hydrogen-bond donors (Lipinski definition) is 1. The Morgan fingerprint density at radius 1 is 1.05 bits per heavy atom. The van der Waals surface area contributed by atoms with Gasteiger partial charge in [0.1, 0.15) is 0 Å². The minimum atomic E-state index is -3.26. The summed E-state index contributed by atoms with van der Waals surface area (Å²) in [5, 5.41) is 0. The Hall–Kier alpha value is 0.120. The summed E-state index contributed by atoms with van der Waals surface area (Å²) < 4.78 is 28.4. The molecule has 0 radical (unpaired) electrons. The fourth-order valence-corrected chi connectivity index (χ4v) is 4.74. The Balaban J connectivity index is 0.00000180. The van der Waals surface area contributed by atoms with Gasteiger partial charge in [0.25, 0.3) is 10.2 Å². The normalized spacial score (nSPS) is 34.8. The molecule has 0 aromatic heterocycles. The molecule has 0 spiro atoms. The van der Waals surface area contributed by atoms with Crippen molar-refractivity contribution in [3.63, 3.8) is 0 Å². The summed E-state index contributed by atoms with van der Waals surface area (Å²) in [6.45, 7) is 6.62. The number of nitrogens with two attached hydrogens (primary N) is 1. The summed E-state index contributed by atoms with van der Waals surface area (Å²) in [4.78, 5) is 0. The largest absolute Gasteiger partial charge is 0.327 e. The van der Waals surface area contributed by atoms with Crippen LogP contribution in [0.25, 0.3) is 0 Å². The molecule has 2 aliphatic heterocycles. The van der Waals surface area contributed by atoms with Gasteiger partial charge in [0.2, 0.25) is 0 Å². The van der Waals surface area contributed by atoms with Crippen LogP contribution in [0.15, 0.2) is 0 Å². The molecule has 2 heterocycles. The Kier molecular flexibility index (Phi) is 6.07. The second-order valence-corrected chi connectivity index (χ2v) is 7.83. The van der Waals surface area contributed by atoms with E-state index in [1.165, 1.54) is 0 Å². The first-order chi connectivity index (χ1) is 8.41. The third kappa shape index (κ3) is 3.82. The van der Waals surface area contributed by atoms with Gasteiger partial charge in [-0.3, -0.25) is 0 Å². The van der Waals surface area contributed by atoms with E-state index in [1.54, 1.807) is 8.61 Å². The molecule has 2 aliphatic rings. The van der Waals surface area contributed by atoms with Crippen LogP contribution < -0.4 is 5.73 Å². The van der Waals surface area contributed by atoms with E-state index in [0.717, 1.165) is 19.3 Å². The lowest BCUT2D eigenvalue weighted by atomic mass is 9.96. The van der Waals surface area contributed by atoms with Gasteiger partial charge in [-0.2, -0.15) is 17.0 Å². The molecule has 19 heavy (non-hydrogen) atoms. The molecule has 5 nitrogen and oxygen atoms in total. The highest BCUT2D eigenvalue weighted by atomic mass is 35.5. The van der Waals surface area contributed by atoms with E-state index in [2.05, 4.69) is 6.92 Å². The Bertz CT molecular complexity index is 390. The lowest BCUT2D eigenvalue weighted by Crippen LogP contribution is -2.54. The fraction of sp³-hybridized carbons (Fsp3) is 1.00. The molecule has 7 heteroatoms. The average molecular weight is 312 g/mol. The molecule has 2 N–H and O–H groups in total. The monoisotopic (exact) mass is 311 g/mol. The first-order valence-electron chi connectivity index (χ1n) is 6.92. The second-order valence-electron chi connectivity index (χ2n) is 5.90. The third-order valence-corrected chi connectivity index (χ3v) is 6.18. The molecule has 3 unspecified atom stereocenters. The predicted octanol–water partition coefficient (Wildman–Crippen LogP) is 1.05. The quantitative estimate of drug-likeness (QED) is 0.829. The molecule has 0 saturated carbocycles. The van der Waals surface area contributed by atoms with Crippen molar-refractivity contribution in [1.82, 2.24) is 8.61 Å². The maximum absolute atomic E-state index is 12.5. The van der Waals surface area contributed by atoms with Crippen LogP contribution in [-0.4, -0.2) is 49.2 Å². The fourth-order valence-electron chi connectivity index (χ4n) is 2.85. The van der Waals surface area contributed by atoms with Gasteiger partial charge in [0.15, 0.2) is 0 Å². The molecule has 0 aromatic rings. The van der Waals surface area contributed by atoms with Crippen LogP contribution in [0.5, 0.6) is 0 Å². The summed E-state index contributed by atoms with van der Waals surface area (Å²) in [5.74, 6) is 0.716. The van der Waals surface area contributed by atoms with Crippen molar-refractivity contribution in [3.8, 4) is 0 Å². The van der Waals surface area contributed by atoms with Crippen LogP contribution in [0.2, 0.25) is 0 Å². The second kappa shape index (κ2) is 6.72. The molecule has 114 valence electrons. The van der Waals surface area contributed by atoms with Crippen molar-refractivity contribution < 1.29 is 8.42 Å². The highest BCUT2D eigenvalue weighted by molar-refractivity contribution is 7.86. The van der Waals surface area contributed by atoms with E-state index in [1.807, 2.05) is 6.92 Å². The zero-order valence-electron chi connectivity index (χ0n) is 11.8. The SMILES string of the molecule is CC1CCCN(S(=O)(=O)N2CCC(N)C(C)C2)C1.Cl. The summed E-state index contributed by atoms with van der Waals surface area (Å²) in [7, 11) is -3.26. The van der Waals surface area contributed by atoms with Gasteiger partial charge >= 0.3 is 0 Å². The summed E-state index contributed by atoms with van der Waals surface area (Å²) >= 11 is 0. The van der Waals surface area contributed by atoms with E-state index in [4.69, 9.17) is 5.73 Å². The molecule has 2 rings (SSSR count). The van der Waals surface area contributed by atoms with Gasteiger partial charge in [-0.05, 0) is 31.1 Å². The van der Waals surface area contributed by atoms with E-state index in [-0.39, 0.29) is 24.4 Å². The molecule has 3 atom stereocenters. The predicted molar refractivity (Wildman–Crippen MR) is 79.5 cm³/mol. The van der Waals surface area contributed by atoms with Gasteiger partial charge in [-0.25, -0.2) is 0 Å². The van der Waals surface area contributed by atoms with E-state index >= 15 is 0 Å². The Morgan fingerprint density at radius 2 is 1.68 bits per heavy atom. The lowest BCUT2D eigenvalue weighted by molar-refractivity contribution is 0.214. The van der Waals surface area contributed by atoms with Crippen molar-refractivity contribution in [2.45, 2.75) is 39.2 Å². The van der Waals surface area contributed by atoms with Crippen molar-refractivity contribution in [2.24, 2.45) is 17.6 Å². The Morgan fingerprint density at radius 3 is 2.26 bits per heavy atom. The first kappa shape index (κ1) is 17.2. The number of piperidine rings is 2. The van der Waals surface area contributed by atoms with Crippen molar-refractivity contribution in [2.75, 3.05) is 26.2 Å². The van der Waals surface area contributed by atoms with Crippen LogP contribution in [0.3, 0.4) is 0 Å². The molecular formula is C12H26ClN3O2S. The molecule has 0 amide bonds. The maximum Gasteiger partial charge on any atom is 0.281 e. The van der Waals surface area contributed by atoms with Crippen molar-refractivity contribution in [3.05, 3.63) is 0 Å². The van der Waals surface area contributed by atoms with Gasteiger partial charge in [-0.15, -0.1) is 12.4 Å². The van der Waals surface area contributed by atoms with Crippen LogP contribution in [0.1, 0.15) is 33.1 Å². The molecule has 0 bridgehead atoms.